The quantitative estimate of drug-likeness (QED) is 0.922. The second-order valence-electron chi connectivity index (χ2n) is 6.35. The number of hydrogen-bond acceptors (Lipinski definition) is 4. The molecule has 0 bridgehead atoms. The maximum absolute atomic E-state index is 14.2. The van der Waals surface area contributed by atoms with Crippen LogP contribution in [-0.4, -0.2) is 15.6 Å². The number of halogens is 1. The summed E-state index contributed by atoms with van der Waals surface area (Å²) in [4.78, 5) is 14.5. The molecule has 1 amide bonds. The highest BCUT2D eigenvalue weighted by Crippen LogP contribution is 2.40. The second kappa shape index (κ2) is 5.09. The van der Waals surface area contributed by atoms with E-state index in [0.29, 0.717) is 17.8 Å². The van der Waals surface area contributed by atoms with Crippen LogP contribution in [0.4, 0.5) is 9.18 Å². The molecule has 1 aliphatic rings. The van der Waals surface area contributed by atoms with E-state index in [1.165, 1.54) is 6.07 Å². The number of fused-ring (bicyclic) bond motifs is 1. The van der Waals surface area contributed by atoms with Crippen molar-refractivity contribution in [3.8, 4) is 23.1 Å². The highest BCUT2D eigenvalue weighted by Gasteiger charge is 2.33. The lowest BCUT2D eigenvalue weighted by Crippen LogP contribution is -2.17. The zero-order chi connectivity index (χ0) is 16.8. The Hall–Kier alpha value is -2.88. The molecule has 0 spiro atoms. The molecule has 0 fully saturated rings. The topological polar surface area (TPSA) is 93.9 Å². The first-order valence-corrected chi connectivity index (χ1v) is 7.06. The predicted molar refractivity (Wildman–Crippen MR) is 80.0 cm³/mol. The van der Waals surface area contributed by atoms with Gasteiger partial charge in [-0.2, -0.15) is 5.26 Å². The maximum atomic E-state index is 14.2. The summed E-state index contributed by atoms with van der Waals surface area (Å²) in [6, 6.07) is 5.11. The molecule has 7 heteroatoms. The molecule has 2 N–H and O–H groups in total. The van der Waals surface area contributed by atoms with Gasteiger partial charge in [-0.3, -0.25) is 0 Å². The summed E-state index contributed by atoms with van der Waals surface area (Å²) in [6.45, 7) is 4.88. The minimum atomic E-state index is -1.02. The number of nitrogens with two attached hydrogens (primary N) is 1. The zero-order valence-electron chi connectivity index (χ0n) is 12.8. The molecular weight excluding hydrogens is 299 g/mol. The van der Waals surface area contributed by atoms with Gasteiger partial charge in [-0.15, -0.1) is 0 Å². The van der Waals surface area contributed by atoms with E-state index in [-0.39, 0.29) is 16.9 Å². The molecule has 3 rings (SSSR count). The van der Waals surface area contributed by atoms with E-state index < -0.39 is 11.9 Å². The van der Waals surface area contributed by atoms with E-state index in [2.05, 4.69) is 24.9 Å². The molecule has 0 atom stereocenters. The fourth-order valence-electron chi connectivity index (χ4n) is 3.01. The standard InChI is InChI=1S/C16H15FN4O2/c1-16(2)5-13-11(3-9(6-18)21(13)8-16)10-4-14(23-15(19)22)20-7-12(10)17/h3-4,7H,5,8H2,1-2H3,(H2,19,22). The van der Waals surface area contributed by atoms with Gasteiger partial charge in [-0.25, -0.2) is 14.2 Å². The Morgan fingerprint density at radius 3 is 2.87 bits per heavy atom. The average Bonchev–Trinajstić information content (AvgIpc) is 2.93. The van der Waals surface area contributed by atoms with Crippen molar-refractivity contribution in [2.45, 2.75) is 26.8 Å². The predicted octanol–water partition coefficient (Wildman–Crippen LogP) is 2.60. The summed E-state index contributed by atoms with van der Waals surface area (Å²) in [5, 5.41) is 9.31. The Kier molecular flexibility index (Phi) is 3.33. The van der Waals surface area contributed by atoms with Gasteiger partial charge in [0.1, 0.15) is 17.6 Å². The third-order valence-electron chi connectivity index (χ3n) is 3.88. The fourth-order valence-corrected chi connectivity index (χ4v) is 3.01. The monoisotopic (exact) mass is 314 g/mol. The number of hydrogen-bond donors (Lipinski definition) is 1. The minimum Gasteiger partial charge on any atom is -0.391 e. The van der Waals surface area contributed by atoms with Gasteiger partial charge in [0.25, 0.3) is 0 Å². The highest BCUT2D eigenvalue weighted by molar-refractivity contribution is 5.72. The number of pyridine rings is 1. The Bertz CT molecular complexity index is 848. The van der Waals surface area contributed by atoms with Gasteiger partial charge in [0, 0.05) is 29.4 Å². The number of carbonyl (C=O) groups excluding carboxylic acids is 1. The number of nitriles is 1. The van der Waals surface area contributed by atoms with Gasteiger partial charge >= 0.3 is 6.09 Å². The number of nitrogens with zero attached hydrogens (tertiary/aromatic N) is 3. The molecule has 2 aromatic rings. The van der Waals surface area contributed by atoms with E-state index in [4.69, 9.17) is 10.5 Å². The Morgan fingerprint density at radius 2 is 2.22 bits per heavy atom. The lowest BCUT2D eigenvalue weighted by molar-refractivity contribution is 0.209. The maximum Gasteiger partial charge on any atom is 0.411 e. The van der Waals surface area contributed by atoms with Crippen molar-refractivity contribution in [3.05, 3.63) is 35.5 Å². The number of ether oxygens (including phenoxy) is 1. The molecule has 2 aromatic heterocycles. The van der Waals surface area contributed by atoms with Gasteiger partial charge in [0.15, 0.2) is 0 Å². The van der Waals surface area contributed by atoms with Crippen LogP contribution in [0.2, 0.25) is 0 Å². The number of rotatable bonds is 2. The van der Waals surface area contributed by atoms with Crippen LogP contribution < -0.4 is 10.5 Å². The SMILES string of the molecule is CC1(C)Cc2c(-c3cc(OC(N)=O)ncc3F)cc(C#N)n2C1. The number of carbonyl (C=O) groups is 1. The molecule has 0 saturated heterocycles. The van der Waals surface area contributed by atoms with Crippen LogP contribution in [0.1, 0.15) is 25.2 Å². The smallest absolute Gasteiger partial charge is 0.391 e. The van der Waals surface area contributed by atoms with Gasteiger partial charge in [0.2, 0.25) is 5.88 Å². The van der Waals surface area contributed by atoms with Crippen molar-refractivity contribution >= 4 is 6.09 Å². The minimum absolute atomic E-state index is 0.00694. The van der Waals surface area contributed by atoms with Gasteiger partial charge < -0.3 is 15.0 Å². The molecule has 0 radical (unpaired) electrons. The van der Waals surface area contributed by atoms with E-state index in [9.17, 15) is 14.4 Å². The summed E-state index contributed by atoms with van der Waals surface area (Å²) >= 11 is 0. The van der Waals surface area contributed by atoms with Gasteiger partial charge in [-0.05, 0) is 17.9 Å². The number of aromatic nitrogens is 2. The third kappa shape index (κ3) is 2.63. The molecule has 0 unspecified atom stereocenters. The van der Waals surface area contributed by atoms with E-state index >= 15 is 0 Å². The molecule has 1 aliphatic heterocycles. The second-order valence-corrected chi connectivity index (χ2v) is 6.35. The van der Waals surface area contributed by atoms with E-state index in [1.807, 2.05) is 4.57 Å². The van der Waals surface area contributed by atoms with Gasteiger partial charge in [-0.1, -0.05) is 13.8 Å². The van der Waals surface area contributed by atoms with Crippen LogP contribution in [0.15, 0.2) is 18.3 Å². The molecule has 3 heterocycles. The largest absolute Gasteiger partial charge is 0.411 e. The highest BCUT2D eigenvalue weighted by atomic mass is 19.1. The molecule has 23 heavy (non-hydrogen) atoms. The van der Waals surface area contributed by atoms with Crippen molar-refractivity contribution < 1.29 is 13.9 Å². The van der Waals surface area contributed by atoms with Crippen LogP contribution in [-0.2, 0) is 13.0 Å². The molecule has 0 aliphatic carbocycles. The van der Waals surface area contributed by atoms with Crippen LogP contribution in [0.3, 0.4) is 0 Å². The zero-order valence-corrected chi connectivity index (χ0v) is 12.8. The molecular formula is C16H15FN4O2. The van der Waals surface area contributed by atoms with E-state index in [1.54, 1.807) is 6.07 Å². The average molecular weight is 314 g/mol. The first-order chi connectivity index (χ1) is 10.8. The van der Waals surface area contributed by atoms with Crippen molar-refractivity contribution in [2.24, 2.45) is 11.1 Å². The first kappa shape index (κ1) is 15.0. The summed E-state index contributed by atoms with van der Waals surface area (Å²) in [5.74, 6) is -0.631. The third-order valence-corrected chi connectivity index (χ3v) is 3.88. The van der Waals surface area contributed by atoms with Crippen LogP contribution in [0.5, 0.6) is 5.88 Å². The Morgan fingerprint density at radius 1 is 1.48 bits per heavy atom. The molecule has 6 nitrogen and oxygen atoms in total. The number of amides is 1. The Labute approximate surface area is 132 Å². The van der Waals surface area contributed by atoms with Crippen molar-refractivity contribution in [1.29, 1.82) is 5.26 Å². The molecule has 0 aromatic carbocycles. The van der Waals surface area contributed by atoms with Crippen LogP contribution >= 0.6 is 0 Å². The Balaban J connectivity index is 2.14. The summed E-state index contributed by atoms with van der Waals surface area (Å²) < 4.78 is 20.9. The lowest BCUT2D eigenvalue weighted by atomic mass is 9.89. The molecule has 0 saturated carbocycles. The fraction of sp³-hybridized carbons (Fsp3) is 0.312. The van der Waals surface area contributed by atoms with Crippen LogP contribution in [0, 0.1) is 22.6 Å². The van der Waals surface area contributed by atoms with Crippen LogP contribution in [0.25, 0.3) is 11.1 Å². The lowest BCUT2D eigenvalue weighted by Gasteiger charge is -2.15. The van der Waals surface area contributed by atoms with Crippen molar-refractivity contribution in [1.82, 2.24) is 9.55 Å². The summed E-state index contributed by atoms with van der Waals surface area (Å²) in [6.07, 6.45) is 0.678. The van der Waals surface area contributed by atoms with E-state index in [0.717, 1.165) is 18.3 Å². The van der Waals surface area contributed by atoms with Crippen molar-refractivity contribution in [2.75, 3.05) is 0 Å². The van der Waals surface area contributed by atoms with Crippen molar-refractivity contribution in [3.63, 3.8) is 0 Å². The first-order valence-electron chi connectivity index (χ1n) is 7.06. The summed E-state index contributed by atoms with van der Waals surface area (Å²) in [7, 11) is 0. The van der Waals surface area contributed by atoms with Gasteiger partial charge in [0.05, 0.1) is 6.20 Å². The molecule has 118 valence electrons. The number of primary amides is 1. The normalized spacial score (nSPS) is 15.0. The summed E-state index contributed by atoms with van der Waals surface area (Å²) in [5.41, 5.74) is 7.17.